The Kier molecular flexibility index (Phi) is 4.45. The number of carbonyl (C=O) groups excluding carboxylic acids is 1. The first kappa shape index (κ1) is 17.7. The molecule has 0 bridgehead atoms. The molecule has 3 heterocycles. The number of benzene rings is 1. The van der Waals surface area contributed by atoms with Crippen LogP contribution < -0.4 is 10.5 Å². The number of fused-ring (bicyclic) bond motifs is 1. The Balaban J connectivity index is 1.75. The number of hydrogen-bond donors (Lipinski definition) is 0. The van der Waals surface area contributed by atoms with Crippen LogP contribution in [0.15, 0.2) is 35.1 Å². The number of likely N-dealkylation sites (tertiary alicyclic amines) is 1. The maximum absolute atomic E-state index is 13.9. The van der Waals surface area contributed by atoms with Crippen LogP contribution in [-0.4, -0.2) is 39.7 Å². The fourth-order valence-electron chi connectivity index (χ4n) is 4.10. The molecule has 0 aliphatic carbocycles. The van der Waals surface area contributed by atoms with Crippen LogP contribution in [0.1, 0.15) is 25.3 Å². The molecule has 142 valence electrons. The lowest BCUT2D eigenvalue weighted by Crippen LogP contribution is -2.49. The van der Waals surface area contributed by atoms with E-state index in [1.54, 1.807) is 24.1 Å². The number of nitrogens with zero attached hydrogens (tertiary/aromatic N) is 4. The average molecular weight is 370 g/mol. The van der Waals surface area contributed by atoms with Gasteiger partial charge in [0.25, 0.3) is 5.56 Å². The summed E-state index contributed by atoms with van der Waals surface area (Å²) < 4.78 is 15.2. The zero-order chi connectivity index (χ0) is 19.1. The van der Waals surface area contributed by atoms with Gasteiger partial charge in [0, 0.05) is 38.3 Å². The predicted molar refractivity (Wildman–Crippen MR) is 100 cm³/mol. The van der Waals surface area contributed by atoms with Crippen molar-refractivity contribution in [2.24, 2.45) is 13.0 Å². The number of rotatable bonds is 2. The SMILES string of the molecule is C[C@H]1CCCN(C(=O)C2Cc3ccc(F)cc3N2c2ccc(=O)n(C)n2)C1. The summed E-state index contributed by atoms with van der Waals surface area (Å²) in [6.07, 6.45) is 2.63. The minimum Gasteiger partial charge on any atom is -0.341 e. The Hall–Kier alpha value is -2.70. The summed E-state index contributed by atoms with van der Waals surface area (Å²) >= 11 is 0. The zero-order valence-corrected chi connectivity index (χ0v) is 15.6. The lowest BCUT2D eigenvalue weighted by atomic mass is 9.99. The third-order valence-corrected chi connectivity index (χ3v) is 5.48. The number of hydrogen-bond acceptors (Lipinski definition) is 4. The van der Waals surface area contributed by atoms with Gasteiger partial charge in [0.2, 0.25) is 5.91 Å². The van der Waals surface area contributed by atoms with E-state index in [1.165, 1.54) is 22.9 Å². The summed E-state index contributed by atoms with van der Waals surface area (Å²) in [6, 6.07) is 7.13. The van der Waals surface area contributed by atoms with Gasteiger partial charge in [0.05, 0.1) is 0 Å². The number of aryl methyl sites for hydroxylation is 1. The second-order valence-corrected chi connectivity index (χ2v) is 7.55. The molecule has 2 aliphatic rings. The molecule has 2 aromatic rings. The first-order chi connectivity index (χ1) is 12.9. The lowest BCUT2D eigenvalue weighted by molar-refractivity contribution is -0.134. The van der Waals surface area contributed by atoms with Gasteiger partial charge in [0.15, 0.2) is 5.82 Å². The number of anilines is 2. The molecule has 1 saturated heterocycles. The minimum atomic E-state index is -0.475. The minimum absolute atomic E-state index is 0.0359. The molecule has 0 N–H and O–H groups in total. The van der Waals surface area contributed by atoms with E-state index in [0.717, 1.165) is 31.5 Å². The molecule has 1 aromatic carbocycles. The molecule has 7 heteroatoms. The van der Waals surface area contributed by atoms with Crippen molar-refractivity contribution in [2.45, 2.75) is 32.2 Å². The van der Waals surface area contributed by atoms with Gasteiger partial charge in [-0.2, -0.15) is 5.10 Å². The van der Waals surface area contributed by atoms with E-state index in [-0.39, 0.29) is 17.3 Å². The predicted octanol–water partition coefficient (Wildman–Crippen LogP) is 2.24. The summed E-state index contributed by atoms with van der Waals surface area (Å²) in [4.78, 5) is 28.8. The molecule has 0 spiro atoms. The second-order valence-electron chi connectivity index (χ2n) is 7.55. The number of halogens is 1. The fraction of sp³-hybridized carbons (Fsp3) is 0.450. The van der Waals surface area contributed by atoms with Crippen LogP contribution in [0.5, 0.6) is 0 Å². The van der Waals surface area contributed by atoms with Gasteiger partial charge in [-0.05, 0) is 42.5 Å². The fourth-order valence-corrected chi connectivity index (χ4v) is 4.10. The lowest BCUT2D eigenvalue weighted by Gasteiger charge is -2.35. The second kappa shape index (κ2) is 6.79. The molecule has 0 saturated carbocycles. The Morgan fingerprint density at radius 2 is 2.07 bits per heavy atom. The normalized spacial score (nSPS) is 22.0. The van der Waals surface area contributed by atoms with Crippen molar-refractivity contribution in [1.29, 1.82) is 0 Å². The highest BCUT2D eigenvalue weighted by Crippen LogP contribution is 2.38. The van der Waals surface area contributed by atoms with Crippen molar-refractivity contribution in [3.05, 3.63) is 52.1 Å². The third-order valence-electron chi connectivity index (χ3n) is 5.48. The highest BCUT2D eigenvalue weighted by Gasteiger charge is 2.39. The van der Waals surface area contributed by atoms with Gasteiger partial charge in [-0.1, -0.05) is 13.0 Å². The molecule has 2 aliphatic heterocycles. The monoisotopic (exact) mass is 370 g/mol. The summed E-state index contributed by atoms with van der Waals surface area (Å²) in [6.45, 7) is 3.65. The van der Waals surface area contributed by atoms with Crippen molar-refractivity contribution < 1.29 is 9.18 Å². The van der Waals surface area contributed by atoms with Gasteiger partial charge in [-0.3, -0.25) is 9.59 Å². The molecule has 1 aromatic heterocycles. The van der Waals surface area contributed by atoms with Gasteiger partial charge < -0.3 is 9.80 Å². The molecule has 1 amide bonds. The van der Waals surface area contributed by atoms with Crippen LogP contribution >= 0.6 is 0 Å². The van der Waals surface area contributed by atoms with E-state index in [4.69, 9.17) is 0 Å². The Morgan fingerprint density at radius 1 is 1.26 bits per heavy atom. The van der Waals surface area contributed by atoms with E-state index in [1.807, 2.05) is 4.90 Å². The third kappa shape index (κ3) is 3.22. The van der Waals surface area contributed by atoms with E-state index in [2.05, 4.69) is 12.0 Å². The van der Waals surface area contributed by atoms with Crippen LogP contribution in [0.2, 0.25) is 0 Å². The standard InChI is InChI=1S/C20H23FN4O2/c1-13-4-3-9-24(12-13)20(27)17-10-14-5-6-15(21)11-16(14)25(17)18-7-8-19(26)23(2)22-18/h5-8,11,13,17H,3-4,9-10,12H2,1-2H3/t13-,17?/m0/s1. The molecule has 27 heavy (non-hydrogen) atoms. The van der Waals surface area contributed by atoms with E-state index in [9.17, 15) is 14.0 Å². The smallest absolute Gasteiger partial charge is 0.266 e. The van der Waals surface area contributed by atoms with Crippen LogP contribution in [0.3, 0.4) is 0 Å². The van der Waals surface area contributed by atoms with Gasteiger partial charge >= 0.3 is 0 Å². The highest BCUT2D eigenvalue weighted by molar-refractivity contribution is 5.91. The molecule has 0 radical (unpaired) electrons. The van der Waals surface area contributed by atoms with Crippen molar-refractivity contribution in [3.63, 3.8) is 0 Å². The largest absolute Gasteiger partial charge is 0.341 e. The topological polar surface area (TPSA) is 58.4 Å². The number of aromatic nitrogens is 2. The van der Waals surface area contributed by atoms with Crippen molar-refractivity contribution in [2.75, 3.05) is 18.0 Å². The first-order valence-corrected chi connectivity index (χ1v) is 9.35. The maximum Gasteiger partial charge on any atom is 0.266 e. The maximum atomic E-state index is 13.9. The molecule has 4 rings (SSSR count). The highest BCUT2D eigenvalue weighted by atomic mass is 19.1. The Bertz CT molecular complexity index is 942. The van der Waals surface area contributed by atoms with Gasteiger partial charge in [0.1, 0.15) is 11.9 Å². The summed E-state index contributed by atoms with van der Waals surface area (Å²) in [7, 11) is 1.57. The van der Waals surface area contributed by atoms with Crippen LogP contribution in [0.25, 0.3) is 0 Å². The van der Waals surface area contributed by atoms with Crippen molar-refractivity contribution in [3.8, 4) is 0 Å². The van der Waals surface area contributed by atoms with Gasteiger partial charge in [-0.25, -0.2) is 9.07 Å². The average Bonchev–Trinajstić information content (AvgIpc) is 3.02. The number of piperidine rings is 1. The summed E-state index contributed by atoms with van der Waals surface area (Å²) in [5, 5.41) is 4.31. The van der Waals surface area contributed by atoms with Crippen LogP contribution in [0.4, 0.5) is 15.9 Å². The quantitative estimate of drug-likeness (QED) is 0.814. The van der Waals surface area contributed by atoms with Crippen LogP contribution in [-0.2, 0) is 18.3 Å². The van der Waals surface area contributed by atoms with Gasteiger partial charge in [-0.15, -0.1) is 0 Å². The first-order valence-electron chi connectivity index (χ1n) is 9.35. The molecule has 1 unspecified atom stereocenters. The molecule has 1 fully saturated rings. The number of amides is 1. The van der Waals surface area contributed by atoms with Crippen molar-refractivity contribution >= 4 is 17.4 Å². The van der Waals surface area contributed by atoms with E-state index in [0.29, 0.717) is 23.8 Å². The zero-order valence-electron chi connectivity index (χ0n) is 15.6. The molecular formula is C20H23FN4O2. The Morgan fingerprint density at radius 3 is 2.81 bits per heavy atom. The van der Waals surface area contributed by atoms with Crippen LogP contribution in [0, 0.1) is 11.7 Å². The number of carbonyl (C=O) groups is 1. The summed E-state index contributed by atoms with van der Waals surface area (Å²) in [5.41, 5.74) is 1.32. The summed E-state index contributed by atoms with van der Waals surface area (Å²) in [5.74, 6) is 0.634. The molecular weight excluding hydrogens is 347 g/mol. The van der Waals surface area contributed by atoms with E-state index < -0.39 is 6.04 Å². The Labute approximate surface area is 157 Å². The van der Waals surface area contributed by atoms with E-state index >= 15 is 0 Å². The molecule has 6 nitrogen and oxygen atoms in total. The van der Waals surface area contributed by atoms with Crippen molar-refractivity contribution in [1.82, 2.24) is 14.7 Å². The molecule has 2 atom stereocenters.